The minimum atomic E-state index is -0.827. The summed E-state index contributed by atoms with van der Waals surface area (Å²) in [6, 6.07) is 0. The number of carbonyl (C=O) groups is 3. The van der Waals surface area contributed by atoms with Crippen LogP contribution in [0, 0.1) is 0 Å². The van der Waals surface area contributed by atoms with E-state index >= 15 is 0 Å². The summed E-state index contributed by atoms with van der Waals surface area (Å²) < 4.78 is 16.8. The van der Waals surface area contributed by atoms with Crippen molar-refractivity contribution >= 4 is 17.9 Å². The van der Waals surface area contributed by atoms with Crippen LogP contribution in [0.25, 0.3) is 0 Å². The van der Waals surface area contributed by atoms with Crippen molar-refractivity contribution in [3.05, 3.63) is 122 Å². The van der Waals surface area contributed by atoms with Crippen LogP contribution in [0.15, 0.2) is 122 Å². The van der Waals surface area contributed by atoms with Gasteiger partial charge in [-0.15, -0.1) is 0 Å². The quantitative estimate of drug-likeness (QED) is 0.0262. The first kappa shape index (κ1) is 63.8. The van der Waals surface area contributed by atoms with E-state index < -0.39 is 6.10 Å². The van der Waals surface area contributed by atoms with Gasteiger partial charge in [0.15, 0.2) is 6.10 Å². The highest BCUT2D eigenvalue weighted by molar-refractivity contribution is 5.71. The number of rotatable bonds is 48. The van der Waals surface area contributed by atoms with Gasteiger partial charge < -0.3 is 14.2 Å². The van der Waals surface area contributed by atoms with Crippen LogP contribution in [0.4, 0.5) is 0 Å². The van der Waals surface area contributed by atoms with E-state index in [0.717, 1.165) is 116 Å². The van der Waals surface area contributed by atoms with Crippen LogP contribution in [0.2, 0.25) is 0 Å². The average Bonchev–Trinajstić information content (AvgIpc) is 3.34. The smallest absolute Gasteiger partial charge is 0.306 e. The Hall–Kier alpha value is -4.19. The number of carbonyl (C=O) groups excluding carboxylic acids is 3. The first-order valence-corrected chi connectivity index (χ1v) is 27.5. The highest BCUT2D eigenvalue weighted by Crippen LogP contribution is 2.12. The van der Waals surface area contributed by atoms with Crippen LogP contribution in [0.5, 0.6) is 0 Å². The second kappa shape index (κ2) is 55.4. The number of hydrogen-bond acceptors (Lipinski definition) is 6. The minimum Gasteiger partial charge on any atom is -0.462 e. The molecule has 0 aromatic carbocycles. The molecule has 384 valence electrons. The molecule has 0 fully saturated rings. The third kappa shape index (κ3) is 52.8. The van der Waals surface area contributed by atoms with Gasteiger partial charge in [-0.3, -0.25) is 14.4 Å². The van der Waals surface area contributed by atoms with E-state index in [1.165, 1.54) is 70.6 Å². The second-order valence-electron chi connectivity index (χ2n) is 17.7. The lowest BCUT2D eigenvalue weighted by Crippen LogP contribution is -2.30. The van der Waals surface area contributed by atoms with Gasteiger partial charge in [0.2, 0.25) is 0 Å². The Kier molecular flexibility index (Phi) is 52.0. The summed E-state index contributed by atoms with van der Waals surface area (Å²) >= 11 is 0. The summed E-state index contributed by atoms with van der Waals surface area (Å²) in [6.07, 6.45) is 76.1. The summed E-state index contributed by atoms with van der Waals surface area (Å²) in [5.41, 5.74) is 0. The van der Waals surface area contributed by atoms with Crippen LogP contribution in [-0.4, -0.2) is 37.2 Å². The number of hydrogen-bond donors (Lipinski definition) is 0. The molecule has 0 aromatic rings. The molecular weight excluding hydrogens is 841 g/mol. The zero-order chi connectivity index (χ0) is 49.3. The van der Waals surface area contributed by atoms with Crippen molar-refractivity contribution in [3.8, 4) is 0 Å². The zero-order valence-corrected chi connectivity index (χ0v) is 43.8. The van der Waals surface area contributed by atoms with E-state index in [-0.39, 0.29) is 37.5 Å². The van der Waals surface area contributed by atoms with Gasteiger partial charge in [-0.25, -0.2) is 0 Å². The van der Waals surface area contributed by atoms with Gasteiger partial charge >= 0.3 is 17.9 Å². The molecule has 1 atom stereocenters. The largest absolute Gasteiger partial charge is 0.462 e. The van der Waals surface area contributed by atoms with Crippen molar-refractivity contribution < 1.29 is 28.6 Å². The Morgan fingerprint density at radius 1 is 0.309 bits per heavy atom. The summed E-state index contributed by atoms with van der Waals surface area (Å²) in [6.45, 7) is 6.39. The van der Waals surface area contributed by atoms with Crippen LogP contribution < -0.4 is 0 Å². The van der Waals surface area contributed by atoms with E-state index in [1.54, 1.807) is 0 Å². The van der Waals surface area contributed by atoms with Gasteiger partial charge in [0, 0.05) is 19.3 Å². The highest BCUT2D eigenvalue weighted by atomic mass is 16.6. The molecule has 68 heavy (non-hydrogen) atoms. The molecule has 0 heterocycles. The van der Waals surface area contributed by atoms with Crippen molar-refractivity contribution in [1.82, 2.24) is 0 Å². The van der Waals surface area contributed by atoms with E-state index in [9.17, 15) is 14.4 Å². The summed E-state index contributed by atoms with van der Waals surface area (Å²) in [7, 11) is 0. The fourth-order valence-electron chi connectivity index (χ4n) is 7.04. The summed E-state index contributed by atoms with van der Waals surface area (Å²) in [4.78, 5) is 38.1. The first-order valence-electron chi connectivity index (χ1n) is 27.5. The molecule has 6 heteroatoms. The Bertz CT molecular complexity index is 1450. The Morgan fingerprint density at radius 2 is 0.588 bits per heavy atom. The van der Waals surface area contributed by atoms with E-state index in [4.69, 9.17) is 14.2 Å². The SMILES string of the molecule is CC/C=C\C/C=C\C/C=C\C/C=C\C/C=C\CCCCCC(=O)OC[C@@H](COC(=O)CCCCCCC/C=C\CCCCCCC)OC(=O)CCC/C=C\C/C=C\C/C=C\C/C=C\CCCCC. The lowest BCUT2D eigenvalue weighted by molar-refractivity contribution is -0.167. The molecule has 0 aliphatic heterocycles. The van der Waals surface area contributed by atoms with E-state index in [1.807, 2.05) is 0 Å². The van der Waals surface area contributed by atoms with Gasteiger partial charge in [-0.2, -0.15) is 0 Å². The molecule has 0 N–H and O–H groups in total. The molecule has 0 aliphatic carbocycles. The topological polar surface area (TPSA) is 78.9 Å². The molecule has 0 saturated heterocycles. The van der Waals surface area contributed by atoms with Gasteiger partial charge in [-0.1, -0.05) is 206 Å². The van der Waals surface area contributed by atoms with Crippen LogP contribution in [0.3, 0.4) is 0 Å². The fourth-order valence-corrected chi connectivity index (χ4v) is 7.04. The molecule has 0 amide bonds. The zero-order valence-electron chi connectivity index (χ0n) is 43.8. The van der Waals surface area contributed by atoms with Crippen LogP contribution >= 0.6 is 0 Å². The average molecular weight is 941 g/mol. The number of unbranched alkanes of at least 4 members (excludes halogenated alkanes) is 17. The Balaban J connectivity index is 4.57. The van der Waals surface area contributed by atoms with Crippen LogP contribution in [-0.2, 0) is 28.6 Å². The lowest BCUT2D eigenvalue weighted by atomic mass is 10.1. The molecular formula is C62H100O6. The number of ether oxygens (including phenoxy) is 3. The van der Waals surface area contributed by atoms with E-state index in [2.05, 4.69) is 142 Å². The van der Waals surface area contributed by atoms with Gasteiger partial charge in [0.25, 0.3) is 0 Å². The van der Waals surface area contributed by atoms with Crippen molar-refractivity contribution in [2.45, 2.75) is 239 Å². The molecule has 0 bridgehead atoms. The van der Waals surface area contributed by atoms with Crippen molar-refractivity contribution in [1.29, 1.82) is 0 Å². The van der Waals surface area contributed by atoms with Crippen LogP contribution in [0.1, 0.15) is 233 Å². The number of allylic oxidation sites excluding steroid dienone is 20. The third-order valence-electron chi connectivity index (χ3n) is 11.2. The van der Waals surface area contributed by atoms with Crippen molar-refractivity contribution in [3.63, 3.8) is 0 Å². The van der Waals surface area contributed by atoms with Gasteiger partial charge in [0.05, 0.1) is 0 Å². The molecule has 0 aliphatic rings. The summed E-state index contributed by atoms with van der Waals surface area (Å²) in [5, 5.41) is 0. The first-order chi connectivity index (χ1) is 33.5. The van der Waals surface area contributed by atoms with Crippen molar-refractivity contribution in [2.75, 3.05) is 13.2 Å². The lowest BCUT2D eigenvalue weighted by Gasteiger charge is -2.18. The molecule has 0 spiro atoms. The molecule has 0 saturated carbocycles. The highest BCUT2D eigenvalue weighted by Gasteiger charge is 2.19. The maximum Gasteiger partial charge on any atom is 0.306 e. The molecule has 0 aromatic heterocycles. The predicted octanol–water partition coefficient (Wildman–Crippen LogP) is 18.5. The van der Waals surface area contributed by atoms with Gasteiger partial charge in [-0.05, 0) is 128 Å². The fraction of sp³-hybridized carbons (Fsp3) is 0.629. The standard InChI is InChI=1S/C62H100O6/c1-4-7-10-13-16-19-22-25-28-30-31-33-34-37-40-43-46-49-52-55-61(64)67-58-59(57-66-60(63)54-51-48-45-42-39-36-27-24-21-18-15-12-9-6-3)68-62(65)56-53-50-47-44-41-38-35-32-29-26-23-20-17-14-11-8-5-2/h7,10,16-17,19-20,24-29,31,33,35,37-38,40,44,47,59H,4-6,8-9,11-15,18,21-23,30,32,34,36,39,41-43,45-46,48-58H2,1-3H3/b10-7-,19-16-,20-17-,27-24-,28-25-,29-26-,33-31-,38-35-,40-37-,47-44-/t59-/m1/s1. The second-order valence-corrected chi connectivity index (χ2v) is 17.7. The van der Waals surface area contributed by atoms with E-state index in [0.29, 0.717) is 19.3 Å². The predicted molar refractivity (Wildman–Crippen MR) is 293 cm³/mol. The normalized spacial score (nSPS) is 13.0. The Labute approximate surface area is 418 Å². The monoisotopic (exact) mass is 941 g/mol. The molecule has 0 unspecified atom stereocenters. The number of esters is 3. The minimum absolute atomic E-state index is 0.118. The molecule has 6 nitrogen and oxygen atoms in total. The maximum absolute atomic E-state index is 12.8. The Morgan fingerprint density at radius 3 is 1.00 bits per heavy atom. The molecule has 0 radical (unpaired) electrons. The van der Waals surface area contributed by atoms with Gasteiger partial charge in [0.1, 0.15) is 13.2 Å². The third-order valence-corrected chi connectivity index (χ3v) is 11.2. The molecule has 0 rings (SSSR count). The maximum atomic E-state index is 12.8. The summed E-state index contributed by atoms with van der Waals surface area (Å²) in [5.74, 6) is -1.02. The van der Waals surface area contributed by atoms with Crippen molar-refractivity contribution in [2.24, 2.45) is 0 Å².